The van der Waals surface area contributed by atoms with Crippen molar-refractivity contribution in [3.63, 3.8) is 0 Å². The van der Waals surface area contributed by atoms with Crippen LogP contribution in [0.2, 0.25) is 0 Å². The quantitative estimate of drug-likeness (QED) is 0.543. The smallest absolute Gasteiger partial charge is 0.335 e. The Hall–Kier alpha value is -2.13. The van der Waals surface area contributed by atoms with Crippen molar-refractivity contribution in [3.05, 3.63) is 29.8 Å². The second-order valence-electron chi connectivity index (χ2n) is 6.68. The number of hydrogen-bond donors (Lipinski definition) is 2. The van der Waals surface area contributed by atoms with Gasteiger partial charge in [-0.2, -0.15) is 0 Å². The summed E-state index contributed by atoms with van der Waals surface area (Å²) in [7, 11) is 0.273. The third kappa shape index (κ3) is 6.35. The lowest BCUT2D eigenvalue weighted by Gasteiger charge is -2.30. The Balaban J connectivity index is 3.08. The van der Waals surface area contributed by atoms with Gasteiger partial charge in [-0.05, 0) is 59.1 Å². The lowest BCUT2D eigenvalue weighted by Crippen LogP contribution is -2.47. The number of carbonyl (C=O) groups excluding carboxylic acids is 1. The zero-order valence-electron chi connectivity index (χ0n) is 14.9. The zero-order chi connectivity index (χ0) is 19.4. The molecule has 0 amide bonds. The molecule has 1 rings (SSSR count). The predicted octanol–water partition coefficient (Wildman–Crippen LogP) is 0.989. The van der Waals surface area contributed by atoms with E-state index in [1.165, 1.54) is 24.3 Å². The molecule has 0 aliphatic rings. The van der Waals surface area contributed by atoms with Crippen LogP contribution in [0.15, 0.2) is 24.3 Å². The predicted molar refractivity (Wildman–Crippen MR) is 94.4 cm³/mol. The van der Waals surface area contributed by atoms with Crippen molar-refractivity contribution in [1.82, 2.24) is 4.90 Å². The summed E-state index contributed by atoms with van der Waals surface area (Å²) in [5, 5.41) is 8.92. The topological polar surface area (TPSA) is 104 Å². The molecule has 0 aromatic heterocycles. The van der Waals surface area contributed by atoms with Gasteiger partial charge in [-0.3, -0.25) is 14.0 Å². The van der Waals surface area contributed by atoms with Crippen LogP contribution >= 0.6 is 0 Å². The van der Waals surface area contributed by atoms with Crippen molar-refractivity contribution in [2.75, 3.05) is 24.9 Å². The molecular formula is C16H24N2O6S. The molecule has 0 radical (unpaired) electrons. The van der Waals surface area contributed by atoms with E-state index >= 15 is 0 Å². The molecule has 1 unspecified atom stereocenters. The van der Waals surface area contributed by atoms with Crippen LogP contribution in [0.3, 0.4) is 0 Å². The van der Waals surface area contributed by atoms with Crippen molar-refractivity contribution < 1.29 is 27.9 Å². The molecule has 0 aliphatic heterocycles. The number of esters is 1. The highest BCUT2D eigenvalue weighted by atomic mass is 32.2. The van der Waals surface area contributed by atoms with Gasteiger partial charge in [0.2, 0.25) is 10.9 Å². The summed E-state index contributed by atoms with van der Waals surface area (Å²) < 4.78 is 29.7. The number of carboxylic acid groups (broad SMARTS) is 1. The fourth-order valence-electron chi connectivity index (χ4n) is 2.02. The number of anilines is 1. The number of benzene rings is 1. The molecule has 0 saturated heterocycles. The van der Waals surface area contributed by atoms with Crippen LogP contribution in [0.25, 0.3) is 0 Å². The maximum atomic E-state index is 12.4. The summed E-state index contributed by atoms with van der Waals surface area (Å²) in [6.45, 7) is 5.04. The first kappa shape index (κ1) is 20.9. The molecule has 1 aromatic rings. The van der Waals surface area contributed by atoms with E-state index < -0.39 is 34.5 Å². The van der Waals surface area contributed by atoms with E-state index in [-0.39, 0.29) is 17.8 Å². The molecule has 1 aromatic carbocycles. The van der Waals surface area contributed by atoms with E-state index in [9.17, 15) is 18.0 Å². The van der Waals surface area contributed by atoms with Crippen LogP contribution in [-0.2, 0) is 20.4 Å². The average molecular weight is 372 g/mol. The highest BCUT2D eigenvalue weighted by Gasteiger charge is 2.29. The molecule has 8 nitrogen and oxygen atoms in total. The molecule has 0 bridgehead atoms. The third-order valence-corrected chi connectivity index (χ3v) is 4.05. The summed E-state index contributed by atoms with van der Waals surface area (Å²) >= 11 is 0. The summed E-state index contributed by atoms with van der Waals surface area (Å²) in [6, 6.07) is 4.57. The van der Waals surface area contributed by atoms with Crippen LogP contribution < -0.4 is 4.31 Å². The molecule has 1 N–H and O–H groups in total. The molecule has 1 atom stereocenters. The SMILES string of the molecule is CN(C)C(CN(c1ccc(C(=O)O)cc1)[SH](=O)=O)C(=O)OC(C)(C)C. The number of aromatic carboxylic acids is 1. The summed E-state index contributed by atoms with van der Waals surface area (Å²) in [5.74, 6) is -1.65. The third-order valence-electron chi connectivity index (χ3n) is 3.26. The van der Waals surface area contributed by atoms with Gasteiger partial charge in [-0.25, -0.2) is 13.2 Å². The van der Waals surface area contributed by atoms with E-state index in [1.807, 2.05) is 0 Å². The molecule has 0 spiro atoms. The minimum absolute atomic E-state index is 0.0427. The van der Waals surface area contributed by atoms with Crippen molar-refractivity contribution >= 4 is 28.5 Å². The van der Waals surface area contributed by atoms with Crippen LogP contribution in [0.1, 0.15) is 31.1 Å². The van der Waals surface area contributed by atoms with E-state index in [0.717, 1.165) is 4.31 Å². The Morgan fingerprint density at radius 2 is 1.68 bits per heavy atom. The summed E-state index contributed by atoms with van der Waals surface area (Å²) in [5.41, 5.74) is -0.378. The fraction of sp³-hybridized carbons (Fsp3) is 0.500. The first-order chi connectivity index (χ1) is 11.4. The van der Waals surface area contributed by atoms with E-state index in [1.54, 1.807) is 39.8 Å². The van der Waals surface area contributed by atoms with Gasteiger partial charge in [0, 0.05) is 0 Å². The van der Waals surface area contributed by atoms with Gasteiger partial charge in [0.15, 0.2) is 0 Å². The average Bonchev–Trinajstić information content (AvgIpc) is 2.45. The highest BCUT2D eigenvalue weighted by molar-refractivity contribution is 7.74. The highest BCUT2D eigenvalue weighted by Crippen LogP contribution is 2.18. The van der Waals surface area contributed by atoms with Gasteiger partial charge in [0.1, 0.15) is 11.6 Å². The Morgan fingerprint density at radius 3 is 2.04 bits per heavy atom. The minimum Gasteiger partial charge on any atom is -0.478 e. The molecule has 25 heavy (non-hydrogen) atoms. The van der Waals surface area contributed by atoms with Gasteiger partial charge in [0.25, 0.3) is 0 Å². The van der Waals surface area contributed by atoms with Gasteiger partial charge >= 0.3 is 11.9 Å². The fourth-order valence-corrected chi connectivity index (χ4v) is 2.63. The number of ether oxygens (including phenoxy) is 1. The van der Waals surface area contributed by atoms with Gasteiger partial charge in [-0.1, -0.05) is 0 Å². The van der Waals surface area contributed by atoms with Crippen molar-refractivity contribution in [3.8, 4) is 0 Å². The molecule has 9 heteroatoms. The Morgan fingerprint density at radius 1 is 1.16 bits per heavy atom. The Bertz CT molecular complexity index is 684. The molecular weight excluding hydrogens is 348 g/mol. The number of rotatable bonds is 7. The number of carboxylic acids is 1. The van der Waals surface area contributed by atoms with E-state index in [0.29, 0.717) is 0 Å². The number of nitrogens with zero attached hydrogens (tertiary/aromatic N) is 2. The van der Waals surface area contributed by atoms with Crippen LogP contribution in [0.4, 0.5) is 5.69 Å². The molecule has 140 valence electrons. The van der Waals surface area contributed by atoms with Gasteiger partial charge in [-0.15, -0.1) is 0 Å². The monoisotopic (exact) mass is 372 g/mol. The Kier molecular flexibility index (Phi) is 6.95. The largest absolute Gasteiger partial charge is 0.478 e. The Labute approximate surface area is 149 Å². The maximum absolute atomic E-state index is 12.4. The van der Waals surface area contributed by atoms with Crippen LogP contribution in [-0.4, -0.2) is 62.6 Å². The zero-order valence-corrected chi connectivity index (χ0v) is 15.8. The first-order valence-corrected chi connectivity index (χ1v) is 8.70. The van der Waals surface area contributed by atoms with Crippen molar-refractivity contribution in [1.29, 1.82) is 0 Å². The van der Waals surface area contributed by atoms with Crippen molar-refractivity contribution in [2.24, 2.45) is 0 Å². The second kappa shape index (κ2) is 8.30. The lowest BCUT2D eigenvalue weighted by molar-refractivity contribution is -0.160. The van der Waals surface area contributed by atoms with E-state index in [2.05, 4.69) is 0 Å². The van der Waals surface area contributed by atoms with Gasteiger partial charge < -0.3 is 9.84 Å². The van der Waals surface area contributed by atoms with Crippen molar-refractivity contribution in [2.45, 2.75) is 32.4 Å². The summed E-state index contributed by atoms with van der Waals surface area (Å²) in [4.78, 5) is 24.8. The second-order valence-corrected chi connectivity index (χ2v) is 7.64. The standard InChI is InChI=1S/C16H24N2O6S/c1-16(2,3)24-15(21)13(17(4)5)10-18(25(22)23)12-8-6-11(7-9-12)14(19)20/h6-9,13,25H,10H2,1-5H3,(H,19,20). The molecule has 0 fully saturated rings. The number of likely N-dealkylation sites (N-methyl/N-ethyl adjacent to an activating group) is 1. The minimum atomic E-state index is -3.03. The first-order valence-electron chi connectivity index (χ1n) is 7.57. The van der Waals surface area contributed by atoms with Crippen LogP contribution in [0.5, 0.6) is 0 Å². The maximum Gasteiger partial charge on any atom is 0.335 e. The molecule has 0 heterocycles. The normalized spacial score (nSPS) is 12.9. The molecule has 0 saturated carbocycles. The van der Waals surface area contributed by atoms with Gasteiger partial charge in [0.05, 0.1) is 17.8 Å². The number of hydrogen-bond acceptors (Lipinski definition) is 6. The number of carbonyl (C=O) groups is 2. The number of thiol groups is 1. The van der Waals surface area contributed by atoms with E-state index in [4.69, 9.17) is 9.84 Å². The summed E-state index contributed by atoms with van der Waals surface area (Å²) in [6.07, 6.45) is 0. The van der Waals surface area contributed by atoms with Crippen LogP contribution in [0, 0.1) is 0 Å². The molecule has 0 aliphatic carbocycles. The lowest BCUT2D eigenvalue weighted by atomic mass is 10.1.